The number of nitrogens with one attached hydrogen (secondary N) is 3. The van der Waals surface area contributed by atoms with Crippen molar-refractivity contribution in [3.05, 3.63) is 50.3 Å². The second kappa shape index (κ2) is 6.00. The molecular formula is C16H18N4O2S. The number of carbonyl (C=O) groups excluding carboxylic acids is 1. The van der Waals surface area contributed by atoms with Crippen LogP contribution in [0.5, 0.6) is 0 Å². The summed E-state index contributed by atoms with van der Waals surface area (Å²) in [4.78, 5) is 33.5. The molecule has 0 spiro atoms. The molecule has 0 bridgehead atoms. The first-order chi connectivity index (χ1) is 10.9. The summed E-state index contributed by atoms with van der Waals surface area (Å²) in [5, 5.41) is 5.98. The van der Waals surface area contributed by atoms with Crippen LogP contribution in [-0.2, 0) is 0 Å². The SMILES string of the molecule is CC(C)c1nc([C@H](C)NC(=O)c2ccc3[nH]c(=O)[nH]c3c2)cs1. The lowest BCUT2D eigenvalue weighted by Gasteiger charge is -2.12. The highest BCUT2D eigenvalue weighted by atomic mass is 32.1. The van der Waals surface area contributed by atoms with Crippen molar-refractivity contribution in [3.8, 4) is 0 Å². The molecule has 1 atom stereocenters. The van der Waals surface area contributed by atoms with Crippen LogP contribution in [0.3, 0.4) is 0 Å². The van der Waals surface area contributed by atoms with E-state index in [1.165, 1.54) is 0 Å². The predicted octanol–water partition coefficient (Wildman–Crippen LogP) is 2.93. The lowest BCUT2D eigenvalue weighted by atomic mass is 10.1. The molecule has 23 heavy (non-hydrogen) atoms. The summed E-state index contributed by atoms with van der Waals surface area (Å²) in [6, 6.07) is 4.89. The number of imidazole rings is 1. The fraction of sp³-hybridized carbons (Fsp3) is 0.312. The molecule has 2 heterocycles. The topological polar surface area (TPSA) is 90.6 Å². The summed E-state index contributed by atoms with van der Waals surface area (Å²) in [5.74, 6) is 0.185. The third kappa shape index (κ3) is 3.19. The maximum atomic E-state index is 12.4. The summed E-state index contributed by atoms with van der Waals surface area (Å²) < 4.78 is 0. The van der Waals surface area contributed by atoms with Gasteiger partial charge in [0.15, 0.2) is 0 Å². The first kappa shape index (κ1) is 15.5. The number of carbonyl (C=O) groups is 1. The Kier molecular flexibility index (Phi) is 4.04. The van der Waals surface area contributed by atoms with Crippen molar-refractivity contribution in [1.29, 1.82) is 0 Å². The molecule has 6 nitrogen and oxygen atoms in total. The molecule has 3 rings (SSSR count). The second-order valence-corrected chi connectivity index (χ2v) is 6.69. The van der Waals surface area contributed by atoms with Crippen LogP contribution >= 0.6 is 11.3 Å². The van der Waals surface area contributed by atoms with E-state index in [-0.39, 0.29) is 17.6 Å². The molecule has 2 aromatic heterocycles. The molecule has 0 fully saturated rings. The van der Waals surface area contributed by atoms with E-state index in [2.05, 4.69) is 34.1 Å². The number of thiazole rings is 1. The van der Waals surface area contributed by atoms with Gasteiger partial charge in [0.05, 0.1) is 27.8 Å². The summed E-state index contributed by atoms with van der Waals surface area (Å²) in [5.41, 5.74) is 2.38. The van der Waals surface area contributed by atoms with Crippen molar-refractivity contribution in [2.45, 2.75) is 32.7 Å². The Morgan fingerprint density at radius 3 is 2.65 bits per heavy atom. The van der Waals surface area contributed by atoms with Gasteiger partial charge in [-0.15, -0.1) is 11.3 Å². The Bertz CT molecular complexity index is 906. The molecule has 1 amide bonds. The normalized spacial score (nSPS) is 12.7. The average molecular weight is 330 g/mol. The highest BCUT2D eigenvalue weighted by Crippen LogP contribution is 2.23. The number of aromatic nitrogens is 3. The molecule has 0 saturated heterocycles. The Hall–Kier alpha value is -2.41. The van der Waals surface area contributed by atoms with Gasteiger partial charge in [-0.05, 0) is 25.1 Å². The Labute approximate surface area is 137 Å². The molecule has 0 aliphatic carbocycles. The fourth-order valence-corrected chi connectivity index (χ4v) is 3.22. The van der Waals surface area contributed by atoms with Gasteiger partial charge in [0.1, 0.15) is 0 Å². The van der Waals surface area contributed by atoms with E-state index >= 15 is 0 Å². The van der Waals surface area contributed by atoms with Crippen LogP contribution in [0, 0.1) is 0 Å². The molecule has 3 N–H and O–H groups in total. The van der Waals surface area contributed by atoms with Crippen molar-refractivity contribution in [3.63, 3.8) is 0 Å². The molecular weight excluding hydrogens is 312 g/mol. The Morgan fingerprint density at radius 1 is 1.22 bits per heavy atom. The van der Waals surface area contributed by atoms with Gasteiger partial charge in [0.2, 0.25) is 0 Å². The van der Waals surface area contributed by atoms with Gasteiger partial charge in [0, 0.05) is 16.9 Å². The van der Waals surface area contributed by atoms with Gasteiger partial charge in [-0.1, -0.05) is 13.8 Å². The average Bonchev–Trinajstić information content (AvgIpc) is 3.11. The highest BCUT2D eigenvalue weighted by molar-refractivity contribution is 7.09. The molecule has 0 radical (unpaired) electrons. The number of nitrogens with zero attached hydrogens (tertiary/aromatic N) is 1. The minimum atomic E-state index is -0.283. The van der Waals surface area contributed by atoms with Gasteiger partial charge in [-0.3, -0.25) is 4.79 Å². The molecule has 7 heteroatoms. The van der Waals surface area contributed by atoms with E-state index < -0.39 is 0 Å². The summed E-state index contributed by atoms with van der Waals surface area (Å²) in [7, 11) is 0. The first-order valence-corrected chi connectivity index (χ1v) is 8.30. The van der Waals surface area contributed by atoms with E-state index in [9.17, 15) is 9.59 Å². The Balaban J connectivity index is 1.77. The minimum absolute atomic E-state index is 0.174. The number of fused-ring (bicyclic) bond motifs is 1. The molecule has 0 unspecified atom stereocenters. The zero-order valence-electron chi connectivity index (χ0n) is 13.1. The van der Waals surface area contributed by atoms with Crippen LogP contribution < -0.4 is 11.0 Å². The van der Waals surface area contributed by atoms with Crippen LogP contribution in [0.15, 0.2) is 28.4 Å². The Morgan fingerprint density at radius 2 is 1.96 bits per heavy atom. The van der Waals surface area contributed by atoms with Crippen LogP contribution in [-0.4, -0.2) is 20.9 Å². The van der Waals surface area contributed by atoms with E-state index in [1.807, 2.05) is 12.3 Å². The summed E-state index contributed by atoms with van der Waals surface area (Å²) >= 11 is 1.61. The maximum Gasteiger partial charge on any atom is 0.323 e. The van der Waals surface area contributed by atoms with E-state index in [1.54, 1.807) is 29.5 Å². The number of rotatable bonds is 4. The van der Waals surface area contributed by atoms with Crippen molar-refractivity contribution in [2.24, 2.45) is 0 Å². The van der Waals surface area contributed by atoms with Gasteiger partial charge >= 0.3 is 5.69 Å². The lowest BCUT2D eigenvalue weighted by Crippen LogP contribution is -2.26. The monoisotopic (exact) mass is 330 g/mol. The molecule has 0 saturated carbocycles. The van der Waals surface area contributed by atoms with Crippen molar-refractivity contribution >= 4 is 28.3 Å². The second-order valence-electron chi connectivity index (χ2n) is 5.80. The number of benzene rings is 1. The smallest absolute Gasteiger partial charge is 0.323 e. The standard InChI is InChI=1S/C16H18N4O2S/c1-8(2)15-18-13(7-23-15)9(3)17-14(21)10-4-5-11-12(6-10)20-16(22)19-11/h4-9H,1-3H3,(H,17,21)(H2,19,20,22)/t9-/m0/s1. The predicted molar refractivity (Wildman–Crippen MR) is 91.0 cm³/mol. The van der Waals surface area contributed by atoms with Gasteiger partial charge < -0.3 is 15.3 Å². The van der Waals surface area contributed by atoms with Crippen molar-refractivity contribution < 1.29 is 4.79 Å². The van der Waals surface area contributed by atoms with E-state index in [0.29, 0.717) is 22.5 Å². The van der Waals surface area contributed by atoms with Gasteiger partial charge in [-0.25, -0.2) is 9.78 Å². The molecule has 1 aromatic carbocycles. The third-order valence-electron chi connectivity index (χ3n) is 3.60. The van der Waals surface area contributed by atoms with Crippen LogP contribution in [0.25, 0.3) is 11.0 Å². The number of H-pyrrole nitrogens is 2. The first-order valence-electron chi connectivity index (χ1n) is 7.42. The zero-order valence-corrected chi connectivity index (χ0v) is 14.0. The van der Waals surface area contributed by atoms with Gasteiger partial charge in [-0.2, -0.15) is 0 Å². The maximum absolute atomic E-state index is 12.4. The number of amides is 1. The number of hydrogen-bond donors (Lipinski definition) is 3. The zero-order chi connectivity index (χ0) is 16.6. The fourth-order valence-electron chi connectivity index (χ4n) is 2.29. The highest BCUT2D eigenvalue weighted by Gasteiger charge is 2.16. The van der Waals surface area contributed by atoms with Crippen LogP contribution in [0.4, 0.5) is 0 Å². The van der Waals surface area contributed by atoms with Crippen LogP contribution in [0.2, 0.25) is 0 Å². The van der Waals surface area contributed by atoms with Crippen molar-refractivity contribution in [1.82, 2.24) is 20.3 Å². The number of hydrogen-bond acceptors (Lipinski definition) is 4. The minimum Gasteiger partial charge on any atom is -0.344 e. The molecule has 120 valence electrons. The third-order valence-corrected chi connectivity index (χ3v) is 4.77. The number of aromatic amines is 2. The van der Waals surface area contributed by atoms with Gasteiger partial charge in [0.25, 0.3) is 5.91 Å². The van der Waals surface area contributed by atoms with E-state index in [0.717, 1.165) is 10.7 Å². The van der Waals surface area contributed by atoms with Crippen molar-refractivity contribution in [2.75, 3.05) is 0 Å². The lowest BCUT2D eigenvalue weighted by molar-refractivity contribution is 0.0939. The van der Waals surface area contributed by atoms with Crippen LogP contribution in [0.1, 0.15) is 53.8 Å². The largest absolute Gasteiger partial charge is 0.344 e. The molecule has 0 aliphatic heterocycles. The molecule has 3 aromatic rings. The molecule has 0 aliphatic rings. The van der Waals surface area contributed by atoms with E-state index in [4.69, 9.17) is 0 Å². The summed E-state index contributed by atoms with van der Waals surface area (Å²) in [6.07, 6.45) is 0. The summed E-state index contributed by atoms with van der Waals surface area (Å²) in [6.45, 7) is 6.10. The quantitative estimate of drug-likeness (QED) is 0.687.